The Hall–Kier alpha value is -0.570. The van der Waals surface area contributed by atoms with Gasteiger partial charge in [-0.05, 0) is 18.4 Å². The quantitative estimate of drug-likeness (QED) is 0.586. The lowest BCUT2D eigenvalue weighted by Crippen LogP contribution is -2.56. The minimum atomic E-state index is -1.20. The molecule has 1 fully saturated rings. The number of halogens is 2. The van der Waals surface area contributed by atoms with Crippen molar-refractivity contribution in [1.82, 2.24) is 0 Å². The Morgan fingerprint density at radius 1 is 1.26 bits per heavy atom. The molecule has 0 radical (unpaired) electrons. The number of ketones is 1. The van der Waals surface area contributed by atoms with Gasteiger partial charge in [-0.25, -0.2) is 0 Å². The van der Waals surface area contributed by atoms with Crippen LogP contribution in [0.25, 0.3) is 0 Å². The highest BCUT2D eigenvalue weighted by Gasteiger charge is 2.58. The molecule has 2 nitrogen and oxygen atoms in total. The highest BCUT2D eigenvalue weighted by atomic mass is 35.5. The number of carbonyl (C=O) groups excluding carboxylic acids is 1. The largest absolute Gasteiger partial charge is 0.377 e. The lowest BCUT2D eigenvalue weighted by molar-refractivity contribution is -0.136. The summed E-state index contributed by atoms with van der Waals surface area (Å²) in [5, 5.41) is 0. The minimum Gasteiger partial charge on any atom is -0.377 e. The predicted octanol–water partition coefficient (Wildman–Crippen LogP) is 3.99. The zero-order valence-corrected chi connectivity index (χ0v) is 12.5. The summed E-state index contributed by atoms with van der Waals surface area (Å²) in [7, 11) is 0. The third-order valence-corrected chi connectivity index (χ3v) is 4.67. The highest BCUT2D eigenvalue weighted by molar-refractivity contribution is 6.60. The average Bonchev–Trinajstić information content (AvgIpc) is 2.43. The fraction of sp³-hybridized carbons (Fsp3) is 0.533. The predicted molar refractivity (Wildman–Crippen MR) is 77.4 cm³/mol. The van der Waals surface area contributed by atoms with Gasteiger partial charge in [0.1, 0.15) is 0 Å². The summed E-state index contributed by atoms with van der Waals surface area (Å²) in [4.78, 5) is 11.7. The molecule has 2 atom stereocenters. The van der Waals surface area contributed by atoms with E-state index in [1.54, 1.807) is 0 Å². The van der Waals surface area contributed by atoms with E-state index in [0.717, 1.165) is 18.4 Å². The molecule has 1 aromatic rings. The normalized spacial score (nSPS) is 25.1. The Morgan fingerprint density at radius 2 is 1.95 bits per heavy atom. The summed E-state index contributed by atoms with van der Waals surface area (Å²) >= 11 is 12.1. The zero-order chi connectivity index (χ0) is 13.9. The molecule has 0 amide bonds. The summed E-state index contributed by atoms with van der Waals surface area (Å²) in [5.41, 5.74) is 1.14. The molecule has 1 aromatic carbocycles. The number of hydrogen-bond acceptors (Lipinski definition) is 2. The van der Waals surface area contributed by atoms with Gasteiger partial charge in [-0.15, -0.1) is 0 Å². The molecule has 0 heterocycles. The van der Waals surface area contributed by atoms with Crippen LogP contribution in [-0.4, -0.2) is 16.7 Å². The monoisotopic (exact) mass is 300 g/mol. The Balaban J connectivity index is 1.75. The van der Waals surface area contributed by atoms with Gasteiger partial charge in [0, 0.05) is 18.4 Å². The molecule has 1 aliphatic carbocycles. The maximum Gasteiger partial charge on any atom is 0.179 e. The van der Waals surface area contributed by atoms with Gasteiger partial charge in [0.2, 0.25) is 0 Å². The van der Waals surface area contributed by atoms with Crippen LogP contribution in [0, 0.1) is 11.8 Å². The van der Waals surface area contributed by atoms with Crippen molar-refractivity contribution in [3.63, 3.8) is 0 Å². The van der Waals surface area contributed by atoms with Crippen LogP contribution in [-0.2, 0) is 16.1 Å². The van der Waals surface area contributed by atoms with Crippen LogP contribution in [0.15, 0.2) is 30.3 Å². The summed E-state index contributed by atoms with van der Waals surface area (Å²) < 4.78 is 4.42. The number of carbonyl (C=O) groups is 1. The molecule has 0 N–H and O–H groups in total. The van der Waals surface area contributed by atoms with Crippen molar-refractivity contribution in [2.45, 2.75) is 30.7 Å². The van der Waals surface area contributed by atoms with Crippen LogP contribution in [0.4, 0.5) is 0 Å². The molecule has 19 heavy (non-hydrogen) atoms. The van der Waals surface area contributed by atoms with E-state index in [9.17, 15) is 4.79 Å². The van der Waals surface area contributed by atoms with Crippen molar-refractivity contribution < 1.29 is 9.53 Å². The third-order valence-electron chi connectivity index (χ3n) is 3.74. The van der Waals surface area contributed by atoms with Crippen LogP contribution in [0.2, 0.25) is 0 Å². The molecule has 0 spiro atoms. The van der Waals surface area contributed by atoms with E-state index in [-0.39, 0.29) is 17.6 Å². The summed E-state index contributed by atoms with van der Waals surface area (Å²) in [6, 6.07) is 9.99. The van der Waals surface area contributed by atoms with E-state index in [2.05, 4.69) is 0 Å². The van der Waals surface area contributed by atoms with Crippen molar-refractivity contribution >= 4 is 29.0 Å². The molecular formula is C15H18Cl2O2. The molecule has 4 heteroatoms. The first kappa shape index (κ1) is 14.8. The molecule has 1 aliphatic rings. The van der Waals surface area contributed by atoms with E-state index in [0.29, 0.717) is 13.2 Å². The number of benzene rings is 1. The van der Waals surface area contributed by atoms with Gasteiger partial charge in [0.15, 0.2) is 10.1 Å². The first-order valence-corrected chi connectivity index (χ1v) is 7.36. The molecule has 0 unspecified atom stereocenters. The standard InChI is InChI=1S/C15H18Cl2O2/c1-2-12-13(15(16,17)14(12)18)8-9-19-10-11-6-4-3-5-7-11/h3-7,12-13H,2,8-10H2,1H3/t12-,13+/m1/s1. The minimum absolute atomic E-state index is 0.00433. The summed E-state index contributed by atoms with van der Waals surface area (Å²) in [6.07, 6.45) is 1.52. The van der Waals surface area contributed by atoms with Crippen molar-refractivity contribution in [3.8, 4) is 0 Å². The van der Waals surface area contributed by atoms with Crippen LogP contribution >= 0.6 is 23.2 Å². The molecule has 0 aliphatic heterocycles. The molecule has 2 rings (SSSR count). The third kappa shape index (κ3) is 3.13. The molecule has 0 bridgehead atoms. The molecular weight excluding hydrogens is 283 g/mol. The zero-order valence-electron chi connectivity index (χ0n) is 10.9. The fourth-order valence-electron chi connectivity index (χ4n) is 2.60. The Bertz CT molecular complexity index is 431. The molecule has 104 valence electrons. The van der Waals surface area contributed by atoms with E-state index in [1.165, 1.54) is 0 Å². The second-order valence-electron chi connectivity index (χ2n) is 4.94. The van der Waals surface area contributed by atoms with Crippen molar-refractivity contribution in [3.05, 3.63) is 35.9 Å². The van der Waals surface area contributed by atoms with E-state index in [1.807, 2.05) is 37.3 Å². The Kier molecular flexibility index (Phi) is 4.88. The molecule has 1 saturated carbocycles. The van der Waals surface area contributed by atoms with E-state index >= 15 is 0 Å². The smallest absolute Gasteiger partial charge is 0.179 e. The van der Waals surface area contributed by atoms with Gasteiger partial charge in [0.05, 0.1) is 6.61 Å². The van der Waals surface area contributed by atoms with Gasteiger partial charge in [0.25, 0.3) is 0 Å². The van der Waals surface area contributed by atoms with Gasteiger partial charge in [-0.3, -0.25) is 4.79 Å². The SMILES string of the molecule is CC[C@H]1C(=O)C(Cl)(Cl)[C@H]1CCOCc1ccccc1. The van der Waals surface area contributed by atoms with Crippen LogP contribution in [0.1, 0.15) is 25.3 Å². The van der Waals surface area contributed by atoms with Crippen molar-refractivity contribution in [2.75, 3.05) is 6.61 Å². The van der Waals surface area contributed by atoms with Crippen LogP contribution in [0.5, 0.6) is 0 Å². The van der Waals surface area contributed by atoms with E-state index in [4.69, 9.17) is 27.9 Å². The molecule has 0 saturated heterocycles. The second kappa shape index (κ2) is 6.25. The van der Waals surface area contributed by atoms with Gasteiger partial charge in [-0.1, -0.05) is 60.5 Å². The topological polar surface area (TPSA) is 26.3 Å². The van der Waals surface area contributed by atoms with Crippen LogP contribution < -0.4 is 0 Å². The number of alkyl halides is 2. The molecule has 0 aromatic heterocycles. The fourth-order valence-corrected chi connectivity index (χ4v) is 3.40. The Labute approximate surface area is 124 Å². The van der Waals surface area contributed by atoms with Crippen molar-refractivity contribution in [1.29, 1.82) is 0 Å². The second-order valence-corrected chi connectivity index (χ2v) is 6.32. The lowest BCUT2D eigenvalue weighted by atomic mass is 9.68. The van der Waals surface area contributed by atoms with Crippen molar-refractivity contribution in [2.24, 2.45) is 11.8 Å². The first-order valence-electron chi connectivity index (χ1n) is 6.61. The Morgan fingerprint density at radius 3 is 2.58 bits per heavy atom. The number of rotatable bonds is 6. The average molecular weight is 301 g/mol. The lowest BCUT2D eigenvalue weighted by Gasteiger charge is -2.45. The summed E-state index contributed by atoms with van der Waals surface area (Å²) in [5.74, 6) is -0.0224. The number of Topliss-reactive ketones (excluding diaryl/α,β-unsaturated/α-hetero) is 1. The van der Waals surface area contributed by atoms with Gasteiger partial charge in [-0.2, -0.15) is 0 Å². The van der Waals surface area contributed by atoms with Gasteiger partial charge < -0.3 is 4.74 Å². The number of hydrogen-bond donors (Lipinski definition) is 0. The van der Waals surface area contributed by atoms with Crippen LogP contribution in [0.3, 0.4) is 0 Å². The first-order chi connectivity index (χ1) is 9.07. The van der Waals surface area contributed by atoms with Gasteiger partial charge >= 0.3 is 0 Å². The maximum atomic E-state index is 11.7. The highest BCUT2D eigenvalue weighted by Crippen LogP contribution is 2.51. The summed E-state index contributed by atoms with van der Waals surface area (Å²) in [6.45, 7) is 3.14. The maximum absolute atomic E-state index is 11.7. The van der Waals surface area contributed by atoms with E-state index < -0.39 is 4.33 Å². The number of ether oxygens (including phenoxy) is 1.